The van der Waals surface area contributed by atoms with Gasteiger partial charge in [-0.2, -0.15) is 0 Å². The molecular formula is C25H24N2O6S. The molecule has 0 amide bonds. The van der Waals surface area contributed by atoms with Crippen molar-refractivity contribution in [1.82, 2.24) is 4.57 Å². The molecule has 3 aromatic rings. The third-order valence-corrected chi connectivity index (χ3v) is 6.62. The predicted octanol–water partition coefficient (Wildman–Crippen LogP) is 4.09. The summed E-state index contributed by atoms with van der Waals surface area (Å²) in [6.45, 7) is 0.643. The van der Waals surface area contributed by atoms with E-state index in [9.17, 15) is 18.0 Å². The van der Waals surface area contributed by atoms with Crippen molar-refractivity contribution in [2.45, 2.75) is 19.4 Å². The van der Waals surface area contributed by atoms with E-state index in [0.717, 1.165) is 23.1 Å². The normalized spacial score (nSPS) is 13.0. The minimum Gasteiger partial charge on any atom is -0.465 e. The molecule has 2 aromatic carbocycles. The molecule has 0 atom stereocenters. The number of rotatable bonds is 7. The van der Waals surface area contributed by atoms with Gasteiger partial charge in [0.05, 0.1) is 30.9 Å². The van der Waals surface area contributed by atoms with Gasteiger partial charge < -0.3 is 14.0 Å². The van der Waals surface area contributed by atoms with Gasteiger partial charge in [-0.15, -0.1) is 0 Å². The summed E-state index contributed by atoms with van der Waals surface area (Å²) < 4.78 is 39.3. The summed E-state index contributed by atoms with van der Waals surface area (Å²) in [6.07, 6.45) is 2.98. The number of methoxy groups -OCH3 is 2. The van der Waals surface area contributed by atoms with Crippen molar-refractivity contribution in [3.63, 3.8) is 0 Å². The number of sulfonamides is 1. The summed E-state index contributed by atoms with van der Waals surface area (Å²) >= 11 is 0. The number of aromatic nitrogens is 1. The topological polar surface area (TPSA) is 104 Å². The van der Waals surface area contributed by atoms with Crippen molar-refractivity contribution < 1.29 is 27.5 Å². The average Bonchev–Trinajstić information content (AvgIpc) is 3.43. The number of benzene rings is 2. The first kappa shape index (κ1) is 23.3. The highest BCUT2D eigenvalue weighted by Gasteiger charge is 2.34. The Morgan fingerprint density at radius 2 is 1.59 bits per heavy atom. The summed E-state index contributed by atoms with van der Waals surface area (Å²) in [5, 5.41) is 1.11. The lowest BCUT2D eigenvalue weighted by molar-refractivity contribution is 0.0556. The minimum atomic E-state index is -3.73. The fourth-order valence-corrected chi connectivity index (χ4v) is 5.00. The number of nitrogens with one attached hydrogen (secondary N) is 1. The first-order chi connectivity index (χ1) is 16.3. The van der Waals surface area contributed by atoms with E-state index in [4.69, 9.17) is 9.47 Å². The Bertz CT molecular complexity index is 1360. The zero-order valence-corrected chi connectivity index (χ0v) is 19.6. The molecule has 176 valence electrons. The molecule has 1 aromatic heterocycles. The lowest BCUT2D eigenvalue weighted by Crippen LogP contribution is -2.12. The Morgan fingerprint density at radius 3 is 2.24 bits per heavy atom. The second-order valence-electron chi connectivity index (χ2n) is 7.72. The molecule has 0 spiro atoms. The zero-order valence-electron chi connectivity index (χ0n) is 18.8. The van der Waals surface area contributed by atoms with Crippen molar-refractivity contribution >= 4 is 33.7 Å². The molecule has 0 fully saturated rings. The highest BCUT2D eigenvalue weighted by atomic mass is 32.2. The van der Waals surface area contributed by atoms with Crippen LogP contribution >= 0.6 is 0 Å². The molecule has 0 unspecified atom stereocenters. The number of carbonyl (C=O) groups excluding carboxylic acids is 2. The molecule has 0 saturated carbocycles. The van der Waals surface area contributed by atoms with Crippen LogP contribution in [0.3, 0.4) is 0 Å². The van der Waals surface area contributed by atoms with Crippen molar-refractivity contribution in [3.8, 4) is 11.3 Å². The number of fused-ring (bicyclic) bond motifs is 1. The van der Waals surface area contributed by atoms with Crippen molar-refractivity contribution in [1.29, 1.82) is 0 Å². The summed E-state index contributed by atoms with van der Waals surface area (Å²) in [7, 11) is -1.19. The van der Waals surface area contributed by atoms with Gasteiger partial charge in [0.1, 0.15) is 5.56 Å². The molecule has 1 aliphatic heterocycles. The SMILES string of the molecule is COC(=O)c1c(C(=O)OC)c(-c2ccc(NS(=O)(=O)/C=C/c3ccccc3)cc2)n2c1CCC2. The monoisotopic (exact) mass is 480 g/mol. The van der Waals surface area contributed by atoms with E-state index < -0.39 is 22.0 Å². The first-order valence-electron chi connectivity index (χ1n) is 10.6. The van der Waals surface area contributed by atoms with Crippen molar-refractivity contribution in [2.24, 2.45) is 0 Å². The molecule has 9 heteroatoms. The summed E-state index contributed by atoms with van der Waals surface area (Å²) in [5.41, 5.74) is 3.45. The average molecular weight is 481 g/mol. The predicted molar refractivity (Wildman–Crippen MR) is 129 cm³/mol. The molecular weight excluding hydrogens is 456 g/mol. The van der Waals surface area contributed by atoms with Crippen LogP contribution in [0.15, 0.2) is 60.0 Å². The molecule has 0 saturated heterocycles. The Balaban J connectivity index is 1.67. The molecule has 8 nitrogen and oxygen atoms in total. The zero-order chi connectivity index (χ0) is 24.3. The molecule has 0 radical (unpaired) electrons. The molecule has 1 aliphatic rings. The molecule has 2 heterocycles. The molecule has 0 aliphatic carbocycles. The van der Waals surface area contributed by atoms with Crippen LogP contribution in [0.5, 0.6) is 0 Å². The van der Waals surface area contributed by atoms with E-state index in [1.54, 1.807) is 36.4 Å². The summed E-state index contributed by atoms with van der Waals surface area (Å²) in [4.78, 5) is 25.2. The lowest BCUT2D eigenvalue weighted by atomic mass is 10.0. The van der Waals surface area contributed by atoms with Gasteiger partial charge in [-0.3, -0.25) is 4.72 Å². The Labute approximate surface area is 197 Å². The summed E-state index contributed by atoms with van der Waals surface area (Å²) in [5.74, 6) is -1.22. The smallest absolute Gasteiger partial charge is 0.340 e. The Kier molecular flexibility index (Phi) is 6.56. The maximum absolute atomic E-state index is 12.7. The second kappa shape index (κ2) is 9.56. The second-order valence-corrected chi connectivity index (χ2v) is 9.29. The number of hydrogen-bond donors (Lipinski definition) is 1. The van der Waals surface area contributed by atoms with Gasteiger partial charge in [-0.25, -0.2) is 18.0 Å². The minimum absolute atomic E-state index is 0.156. The highest BCUT2D eigenvalue weighted by molar-refractivity contribution is 7.95. The standard InChI is InChI=1S/C25H24N2O6S/c1-32-24(28)21-20-9-6-15-27(20)23(22(21)25(29)33-2)18-10-12-19(13-11-18)26-34(30,31)16-14-17-7-4-3-5-8-17/h3-5,7-8,10-14,16,26H,6,9,15H2,1-2H3/b16-14+. The number of hydrogen-bond acceptors (Lipinski definition) is 6. The van der Waals surface area contributed by atoms with Gasteiger partial charge in [0.15, 0.2) is 0 Å². The van der Waals surface area contributed by atoms with E-state index in [2.05, 4.69) is 4.72 Å². The van der Waals surface area contributed by atoms with Crippen LogP contribution in [0, 0.1) is 0 Å². The first-order valence-corrected chi connectivity index (χ1v) is 12.2. The van der Waals surface area contributed by atoms with Gasteiger partial charge in [-0.05, 0) is 42.2 Å². The Hall–Kier alpha value is -3.85. The van der Waals surface area contributed by atoms with Crippen LogP contribution in [-0.2, 0) is 32.5 Å². The van der Waals surface area contributed by atoms with Gasteiger partial charge in [0.25, 0.3) is 10.0 Å². The van der Waals surface area contributed by atoms with Gasteiger partial charge in [-0.1, -0.05) is 42.5 Å². The van der Waals surface area contributed by atoms with E-state index in [1.807, 2.05) is 22.8 Å². The van der Waals surface area contributed by atoms with Crippen molar-refractivity contribution in [3.05, 3.63) is 82.4 Å². The quantitative estimate of drug-likeness (QED) is 0.511. The highest BCUT2D eigenvalue weighted by Crippen LogP contribution is 2.37. The Morgan fingerprint density at radius 1 is 0.941 bits per heavy atom. The number of carbonyl (C=O) groups is 2. The number of anilines is 1. The van der Waals surface area contributed by atoms with E-state index in [0.29, 0.717) is 29.9 Å². The van der Waals surface area contributed by atoms with E-state index in [-0.39, 0.29) is 11.1 Å². The number of ether oxygens (including phenoxy) is 2. The largest absolute Gasteiger partial charge is 0.465 e. The molecule has 1 N–H and O–H groups in total. The van der Waals surface area contributed by atoms with Gasteiger partial charge in [0, 0.05) is 17.9 Å². The van der Waals surface area contributed by atoms with Crippen LogP contribution in [0.4, 0.5) is 5.69 Å². The third-order valence-electron chi connectivity index (χ3n) is 5.60. The van der Waals surface area contributed by atoms with Gasteiger partial charge in [0.2, 0.25) is 0 Å². The number of esters is 2. The fraction of sp³-hybridized carbons (Fsp3) is 0.200. The van der Waals surface area contributed by atoms with Crippen LogP contribution < -0.4 is 4.72 Å². The molecule has 4 rings (SSSR count). The van der Waals surface area contributed by atoms with E-state index >= 15 is 0 Å². The number of nitrogens with zero attached hydrogens (tertiary/aromatic N) is 1. The fourth-order valence-electron chi connectivity index (χ4n) is 4.13. The van der Waals surface area contributed by atoms with E-state index in [1.165, 1.54) is 20.3 Å². The van der Waals surface area contributed by atoms with Crippen LogP contribution in [-0.4, -0.2) is 39.1 Å². The third kappa shape index (κ3) is 4.60. The molecule has 34 heavy (non-hydrogen) atoms. The van der Waals surface area contributed by atoms with Crippen LogP contribution in [0.2, 0.25) is 0 Å². The lowest BCUT2D eigenvalue weighted by Gasteiger charge is -2.11. The maximum atomic E-state index is 12.7. The van der Waals surface area contributed by atoms with Crippen LogP contribution in [0.25, 0.3) is 17.3 Å². The molecule has 0 bridgehead atoms. The van der Waals surface area contributed by atoms with Crippen LogP contribution in [0.1, 0.15) is 38.4 Å². The maximum Gasteiger partial charge on any atom is 0.340 e. The van der Waals surface area contributed by atoms with Crippen molar-refractivity contribution in [2.75, 3.05) is 18.9 Å². The van der Waals surface area contributed by atoms with Gasteiger partial charge >= 0.3 is 11.9 Å². The summed E-state index contributed by atoms with van der Waals surface area (Å²) in [6, 6.07) is 15.7.